The average molecular weight is 309 g/mol. The summed E-state index contributed by atoms with van der Waals surface area (Å²) >= 11 is 0. The van der Waals surface area contributed by atoms with Crippen molar-refractivity contribution in [2.75, 3.05) is 38.1 Å². The fraction of sp³-hybridized carbons (Fsp3) is 0.368. The number of pyridine rings is 1. The van der Waals surface area contributed by atoms with Crippen molar-refractivity contribution >= 4 is 12.1 Å². The average Bonchev–Trinajstić information content (AvgIpc) is 2.80. The summed E-state index contributed by atoms with van der Waals surface area (Å²) < 4.78 is 0. The Kier molecular flexibility index (Phi) is 4.72. The maximum atomic E-state index is 11.1. The van der Waals surface area contributed by atoms with Gasteiger partial charge in [-0.2, -0.15) is 0 Å². The SMILES string of the molecule is Cc1ccc(-c2ccc(N3CCCN(C)CC3)nc2)cc1C=O. The molecule has 4 nitrogen and oxygen atoms in total. The van der Waals surface area contributed by atoms with E-state index in [-0.39, 0.29) is 0 Å². The van der Waals surface area contributed by atoms with Gasteiger partial charge in [0.2, 0.25) is 0 Å². The van der Waals surface area contributed by atoms with E-state index in [1.54, 1.807) is 0 Å². The van der Waals surface area contributed by atoms with Gasteiger partial charge in [0.05, 0.1) is 0 Å². The minimum atomic E-state index is 0.738. The molecule has 0 N–H and O–H groups in total. The highest BCUT2D eigenvalue weighted by atomic mass is 16.1. The molecule has 0 amide bonds. The van der Waals surface area contributed by atoms with Crippen molar-refractivity contribution in [3.05, 3.63) is 47.7 Å². The van der Waals surface area contributed by atoms with Crippen LogP contribution >= 0.6 is 0 Å². The first-order valence-corrected chi connectivity index (χ1v) is 8.13. The number of rotatable bonds is 3. The number of aromatic nitrogens is 1. The Bertz CT molecular complexity index is 682. The number of benzene rings is 1. The lowest BCUT2D eigenvalue weighted by Gasteiger charge is -2.21. The summed E-state index contributed by atoms with van der Waals surface area (Å²) in [5.74, 6) is 1.03. The maximum absolute atomic E-state index is 11.1. The molecule has 0 atom stereocenters. The summed E-state index contributed by atoms with van der Waals surface area (Å²) in [5.41, 5.74) is 3.82. The van der Waals surface area contributed by atoms with Crippen molar-refractivity contribution in [1.29, 1.82) is 0 Å². The summed E-state index contributed by atoms with van der Waals surface area (Å²) in [7, 11) is 2.17. The van der Waals surface area contributed by atoms with Crippen LogP contribution in [0.15, 0.2) is 36.5 Å². The Hall–Kier alpha value is -2.20. The number of likely N-dealkylation sites (N-methyl/N-ethyl adjacent to an activating group) is 1. The van der Waals surface area contributed by atoms with E-state index >= 15 is 0 Å². The molecule has 4 heteroatoms. The van der Waals surface area contributed by atoms with Gasteiger partial charge >= 0.3 is 0 Å². The van der Waals surface area contributed by atoms with Crippen LogP contribution in [0.5, 0.6) is 0 Å². The molecule has 120 valence electrons. The zero-order valence-electron chi connectivity index (χ0n) is 13.8. The van der Waals surface area contributed by atoms with Crippen molar-refractivity contribution in [3.8, 4) is 11.1 Å². The molecule has 2 aromatic rings. The molecule has 0 radical (unpaired) electrons. The van der Waals surface area contributed by atoms with Crippen LogP contribution in [0, 0.1) is 6.92 Å². The molecular formula is C19H23N3O. The summed E-state index contributed by atoms with van der Waals surface area (Å²) in [6.07, 6.45) is 3.98. The van der Waals surface area contributed by atoms with Crippen LogP contribution in [0.3, 0.4) is 0 Å². The summed E-state index contributed by atoms with van der Waals surface area (Å²) in [6, 6.07) is 10.1. The second kappa shape index (κ2) is 6.92. The molecule has 1 fully saturated rings. The number of aldehydes is 1. The number of nitrogens with zero attached hydrogens (tertiary/aromatic N) is 3. The van der Waals surface area contributed by atoms with Gasteiger partial charge in [-0.05, 0) is 56.3 Å². The highest BCUT2D eigenvalue weighted by Crippen LogP contribution is 2.23. The normalized spacial score (nSPS) is 16.2. The minimum absolute atomic E-state index is 0.738. The fourth-order valence-electron chi connectivity index (χ4n) is 2.97. The first-order chi connectivity index (χ1) is 11.2. The van der Waals surface area contributed by atoms with E-state index in [9.17, 15) is 4.79 Å². The molecule has 3 rings (SSSR count). The van der Waals surface area contributed by atoms with E-state index in [4.69, 9.17) is 0 Å². The summed E-state index contributed by atoms with van der Waals surface area (Å²) in [6.45, 7) is 6.24. The van der Waals surface area contributed by atoms with Gasteiger partial charge in [-0.1, -0.05) is 12.1 Å². The van der Waals surface area contributed by atoms with E-state index in [2.05, 4.69) is 34.0 Å². The van der Waals surface area contributed by atoms with Gasteiger partial charge in [0.25, 0.3) is 0 Å². The number of carbonyl (C=O) groups is 1. The Morgan fingerprint density at radius 1 is 1.04 bits per heavy atom. The van der Waals surface area contributed by atoms with Gasteiger partial charge in [0, 0.05) is 37.0 Å². The summed E-state index contributed by atoms with van der Waals surface area (Å²) in [4.78, 5) is 20.5. The van der Waals surface area contributed by atoms with Crippen LogP contribution in [0.4, 0.5) is 5.82 Å². The molecule has 23 heavy (non-hydrogen) atoms. The molecule has 0 spiro atoms. The lowest BCUT2D eigenvalue weighted by molar-refractivity contribution is 0.112. The highest BCUT2D eigenvalue weighted by Gasteiger charge is 2.13. The first kappa shape index (κ1) is 15.7. The van der Waals surface area contributed by atoms with Crippen LogP contribution in [0.1, 0.15) is 22.3 Å². The Balaban J connectivity index is 1.80. The van der Waals surface area contributed by atoms with E-state index < -0.39 is 0 Å². The van der Waals surface area contributed by atoms with E-state index in [1.807, 2.05) is 31.3 Å². The van der Waals surface area contributed by atoms with Crippen LogP contribution in [-0.2, 0) is 0 Å². The number of anilines is 1. The smallest absolute Gasteiger partial charge is 0.150 e. The largest absolute Gasteiger partial charge is 0.355 e. The third-order valence-corrected chi connectivity index (χ3v) is 4.53. The minimum Gasteiger partial charge on any atom is -0.355 e. The molecule has 1 saturated heterocycles. The number of carbonyl (C=O) groups excluding carboxylic acids is 1. The highest BCUT2D eigenvalue weighted by molar-refractivity contribution is 5.81. The third kappa shape index (κ3) is 3.59. The van der Waals surface area contributed by atoms with Crippen LogP contribution in [0.2, 0.25) is 0 Å². The van der Waals surface area contributed by atoms with Gasteiger partial charge in [0.15, 0.2) is 0 Å². The van der Waals surface area contributed by atoms with Crippen LogP contribution in [-0.4, -0.2) is 49.4 Å². The monoisotopic (exact) mass is 309 g/mol. The van der Waals surface area contributed by atoms with Crippen molar-refractivity contribution < 1.29 is 4.79 Å². The summed E-state index contributed by atoms with van der Waals surface area (Å²) in [5, 5.41) is 0. The fourth-order valence-corrected chi connectivity index (χ4v) is 2.97. The van der Waals surface area contributed by atoms with Crippen LogP contribution < -0.4 is 4.90 Å². The van der Waals surface area contributed by atoms with Crippen molar-refractivity contribution in [3.63, 3.8) is 0 Å². The predicted molar refractivity (Wildman–Crippen MR) is 94.1 cm³/mol. The van der Waals surface area contributed by atoms with Gasteiger partial charge in [-0.25, -0.2) is 4.98 Å². The van der Waals surface area contributed by atoms with Gasteiger partial charge < -0.3 is 9.80 Å². The van der Waals surface area contributed by atoms with Crippen molar-refractivity contribution in [1.82, 2.24) is 9.88 Å². The predicted octanol–water partition coefficient (Wildman–Crippen LogP) is 3.01. The molecular weight excluding hydrogens is 286 g/mol. The molecule has 0 unspecified atom stereocenters. The van der Waals surface area contributed by atoms with Crippen LogP contribution in [0.25, 0.3) is 11.1 Å². The second-order valence-electron chi connectivity index (χ2n) is 6.24. The number of hydrogen-bond donors (Lipinski definition) is 0. The number of hydrogen-bond acceptors (Lipinski definition) is 4. The van der Waals surface area contributed by atoms with E-state index in [0.717, 1.165) is 60.5 Å². The molecule has 1 aliphatic heterocycles. The van der Waals surface area contributed by atoms with Gasteiger partial charge in [0.1, 0.15) is 12.1 Å². The lowest BCUT2D eigenvalue weighted by atomic mass is 10.0. The standard InChI is InChI=1S/C19H23N3O/c1-15-4-5-16(12-18(15)14-23)17-6-7-19(20-13-17)22-9-3-8-21(2)10-11-22/h4-7,12-14H,3,8-11H2,1-2H3. The van der Waals surface area contributed by atoms with Gasteiger partial charge in [-0.3, -0.25) is 4.79 Å². The zero-order chi connectivity index (χ0) is 16.2. The molecule has 1 aromatic carbocycles. The molecule has 1 aliphatic rings. The number of aryl methyl sites for hydroxylation is 1. The Labute approximate surface area is 137 Å². The maximum Gasteiger partial charge on any atom is 0.150 e. The Morgan fingerprint density at radius 2 is 1.87 bits per heavy atom. The second-order valence-corrected chi connectivity index (χ2v) is 6.24. The molecule has 0 aliphatic carbocycles. The molecule has 0 saturated carbocycles. The molecule has 1 aromatic heterocycles. The topological polar surface area (TPSA) is 36.4 Å². The van der Waals surface area contributed by atoms with Crippen molar-refractivity contribution in [2.24, 2.45) is 0 Å². The molecule has 0 bridgehead atoms. The molecule has 2 heterocycles. The van der Waals surface area contributed by atoms with E-state index in [1.165, 1.54) is 6.42 Å². The Morgan fingerprint density at radius 3 is 2.61 bits per heavy atom. The van der Waals surface area contributed by atoms with E-state index in [0.29, 0.717) is 0 Å². The third-order valence-electron chi connectivity index (χ3n) is 4.53. The first-order valence-electron chi connectivity index (χ1n) is 8.13. The quantitative estimate of drug-likeness (QED) is 0.817. The van der Waals surface area contributed by atoms with Gasteiger partial charge in [-0.15, -0.1) is 0 Å². The van der Waals surface area contributed by atoms with Crippen molar-refractivity contribution in [2.45, 2.75) is 13.3 Å². The lowest BCUT2D eigenvalue weighted by Crippen LogP contribution is -2.29. The zero-order valence-corrected chi connectivity index (χ0v) is 13.8.